The summed E-state index contributed by atoms with van der Waals surface area (Å²) in [5.74, 6) is 0.0777. The van der Waals surface area contributed by atoms with Crippen LogP contribution in [0.3, 0.4) is 0 Å². The van der Waals surface area contributed by atoms with Gasteiger partial charge in [0.05, 0.1) is 10.9 Å². The summed E-state index contributed by atoms with van der Waals surface area (Å²) >= 11 is 0. The van der Waals surface area contributed by atoms with Crippen molar-refractivity contribution in [3.63, 3.8) is 0 Å². The molecule has 1 aromatic carbocycles. The van der Waals surface area contributed by atoms with Crippen LogP contribution >= 0.6 is 0 Å². The van der Waals surface area contributed by atoms with Crippen molar-refractivity contribution >= 4 is 15.9 Å². The molecule has 3 rings (SSSR count). The largest absolute Gasteiger partial charge is 0.386 e. The first kappa shape index (κ1) is 13.6. The Bertz CT molecular complexity index is 650. The van der Waals surface area contributed by atoms with E-state index in [9.17, 15) is 8.42 Å². The van der Waals surface area contributed by atoms with Gasteiger partial charge in [0.2, 0.25) is 10.0 Å². The topological polar surface area (TPSA) is 96.0 Å². The monoisotopic (exact) mass is 293 g/mol. The highest BCUT2D eigenvalue weighted by Gasteiger charge is 2.36. The van der Waals surface area contributed by atoms with Gasteiger partial charge in [0.15, 0.2) is 0 Å². The Kier molecular flexibility index (Phi) is 3.30. The van der Waals surface area contributed by atoms with Gasteiger partial charge in [0, 0.05) is 0 Å². The number of aryl methyl sites for hydroxylation is 2. The van der Waals surface area contributed by atoms with Crippen molar-refractivity contribution in [2.75, 3.05) is 0 Å². The second-order valence-corrected chi connectivity index (χ2v) is 7.39. The van der Waals surface area contributed by atoms with Crippen LogP contribution in [0.25, 0.3) is 0 Å². The van der Waals surface area contributed by atoms with Gasteiger partial charge in [-0.2, -0.15) is 0 Å². The Morgan fingerprint density at radius 2 is 2.00 bits per heavy atom. The third kappa shape index (κ3) is 2.58. The summed E-state index contributed by atoms with van der Waals surface area (Å²) in [7, 11) is -3.60. The fraction of sp³-hybridized carbons (Fsp3) is 0.500. The molecule has 0 spiro atoms. The predicted molar refractivity (Wildman–Crippen MR) is 77.2 cm³/mol. The molecule has 1 saturated carbocycles. The van der Waals surface area contributed by atoms with Crippen LogP contribution in [0.5, 0.6) is 0 Å². The quantitative estimate of drug-likeness (QED) is 0.561. The molecule has 0 heterocycles. The van der Waals surface area contributed by atoms with Gasteiger partial charge in [-0.3, -0.25) is 5.41 Å². The van der Waals surface area contributed by atoms with Crippen molar-refractivity contribution in [1.29, 1.82) is 5.41 Å². The molecule has 0 aromatic heterocycles. The summed E-state index contributed by atoms with van der Waals surface area (Å²) < 4.78 is 27.4. The van der Waals surface area contributed by atoms with Gasteiger partial charge >= 0.3 is 0 Å². The van der Waals surface area contributed by atoms with E-state index in [4.69, 9.17) is 11.1 Å². The van der Waals surface area contributed by atoms with Crippen LogP contribution in [0.15, 0.2) is 23.1 Å². The molecular formula is C14H19N3O2S. The number of hydrogen-bond donors (Lipinski definition) is 3. The van der Waals surface area contributed by atoms with Gasteiger partial charge in [-0.05, 0) is 61.3 Å². The van der Waals surface area contributed by atoms with Gasteiger partial charge in [-0.25, -0.2) is 13.1 Å². The Hall–Kier alpha value is -1.40. The fourth-order valence-electron chi connectivity index (χ4n) is 2.79. The van der Waals surface area contributed by atoms with Crippen molar-refractivity contribution in [3.8, 4) is 0 Å². The van der Waals surface area contributed by atoms with Crippen LogP contribution in [0.4, 0.5) is 0 Å². The molecule has 0 radical (unpaired) electrons. The number of benzene rings is 1. The van der Waals surface area contributed by atoms with Gasteiger partial charge in [0.25, 0.3) is 0 Å². The molecule has 2 aliphatic rings. The van der Waals surface area contributed by atoms with Crippen molar-refractivity contribution in [3.05, 3.63) is 29.3 Å². The maximum atomic E-state index is 12.4. The van der Waals surface area contributed by atoms with Crippen molar-refractivity contribution < 1.29 is 8.42 Å². The van der Waals surface area contributed by atoms with Gasteiger partial charge in [0.1, 0.15) is 5.84 Å². The molecule has 20 heavy (non-hydrogen) atoms. The number of hydrogen-bond acceptors (Lipinski definition) is 3. The molecule has 6 heteroatoms. The molecule has 4 N–H and O–H groups in total. The number of rotatable bonds is 5. The molecule has 1 unspecified atom stereocenters. The smallest absolute Gasteiger partial charge is 0.241 e. The zero-order chi connectivity index (χ0) is 14.3. The first-order valence-corrected chi connectivity index (χ1v) is 8.44. The second kappa shape index (κ2) is 4.86. The van der Waals surface area contributed by atoms with Crippen LogP contribution in [0.2, 0.25) is 0 Å². The second-order valence-electron chi connectivity index (χ2n) is 5.68. The molecule has 5 nitrogen and oxygen atoms in total. The maximum absolute atomic E-state index is 12.4. The van der Waals surface area contributed by atoms with Crippen LogP contribution in [-0.2, 0) is 22.9 Å². The van der Waals surface area contributed by atoms with Crippen LogP contribution in [0, 0.1) is 11.3 Å². The first-order chi connectivity index (χ1) is 9.47. The van der Waals surface area contributed by atoms with E-state index in [0.717, 1.165) is 37.7 Å². The van der Waals surface area contributed by atoms with E-state index in [2.05, 4.69) is 4.72 Å². The minimum Gasteiger partial charge on any atom is -0.386 e. The lowest BCUT2D eigenvalue weighted by atomic mass is 10.1. The molecule has 0 bridgehead atoms. The molecule has 1 fully saturated rings. The zero-order valence-electron chi connectivity index (χ0n) is 11.2. The summed E-state index contributed by atoms with van der Waals surface area (Å²) in [5.41, 5.74) is 7.88. The molecule has 0 aliphatic heterocycles. The normalized spacial score (nSPS) is 19.6. The highest BCUT2D eigenvalue weighted by molar-refractivity contribution is 7.89. The van der Waals surface area contributed by atoms with E-state index < -0.39 is 16.1 Å². The summed E-state index contributed by atoms with van der Waals surface area (Å²) in [6, 6.07) is 4.75. The standard InChI is InChI=1S/C14H19N3O2S/c15-14(16)13(10-4-5-10)17-20(18,19)12-7-6-9-2-1-3-11(9)8-12/h6-8,10,13,17H,1-5H2,(H3,15,16). The van der Waals surface area contributed by atoms with E-state index in [0.29, 0.717) is 0 Å². The molecule has 2 aliphatic carbocycles. The van der Waals surface area contributed by atoms with E-state index in [-0.39, 0.29) is 16.6 Å². The lowest BCUT2D eigenvalue weighted by Gasteiger charge is -2.17. The zero-order valence-corrected chi connectivity index (χ0v) is 12.0. The maximum Gasteiger partial charge on any atom is 0.241 e. The van der Waals surface area contributed by atoms with Gasteiger partial charge in [-0.15, -0.1) is 0 Å². The predicted octanol–water partition coefficient (Wildman–Crippen LogP) is 1.17. The molecule has 0 amide bonds. The fourth-order valence-corrected chi connectivity index (χ4v) is 4.13. The minimum atomic E-state index is -3.60. The number of nitrogens with one attached hydrogen (secondary N) is 2. The Balaban J connectivity index is 1.86. The average molecular weight is 293 g/mol. The lowest BCUT2D eigenvalue weighted by molar-refractivity contribution is 0.563. The Morgan fingerprint density at radius 3 is 2.65 bits per heavy atom. The van der Waals surface area contributed by atoms with E-state index in [1.165, 1.54) is 5.56 Å². The highest BCUT2D eigenvalue weighted by atomic mass is 32.2. The number of nitrogens with two attached hydrogens (primary N) is 1. The number of fused-ring (bicyclic) bond motifs is 1. The third-order valence-corrected chi connectivity index (χ3v) is 5.53. The summed E-state index contributed by atoms with van der Waals surface area (Å²) in [5, 5.41) is 7.54. The van der Waals surface area contributed by atoms with Crippen molar-refractivity contribution in [2.24, 2.45) is 11.7 Å². The molecule has 0 saturated heterocycles. The minimum absolute atomic E-state index is 0.0998. The first-order valence-electron chi connectivity index (χ1n) is 6.95. The summed E-state index contributed by atoms with van der Waals surface area (Å²) in [6.45, 7) is 0. The highest BCUT2D eigenvalue weighted by Crippen LogP contribution is 2.33. The van der Waals surface area contributed by atoms with Crippen LogP contribution < -0.4 is 10.5 Å². The molecule has 1 atom stereocenters. The van der Waals surface area contributed by atoms with Crippen LogP contribution in [0.1, 0.15) is 30.4 Å². The SMILES string of the molecule is N=C(N)C(NS(=O)(=O)c1ccc2c(c1)CCC2)C1CC1. The summed E-state index contributed by atoms with van der Waals surface area (Å²) in [6.07, 6.45) is 4.91. The number of sulfonamides is 1. The van der Waals surface area contributed by atoms with Crippen molar-refractivity contribution in [2.45, 2.75) is 43.0 Å². The average Bonchev–Trinajstić information content (AvgIpc) is 3.12. The Labute approximate surface area is 119 Å². The van der Waals surface area contributed by atoms with E-state index in [1.807, 2.05) is 6.07 Å². The molecule has 1 aromatic rings. The van der Waals surface area contributed by atoms with E-state index >= 15 is 0 Å². The molecular weight excluding hydrogens is 274 g/mol. The summed E-state index contributed by atoms with van der Waals surface area (Å²) in [4.78, 5) is 0.282. The van der Waals surface area contributed by atoms with Crippen molar-refractivity contribution in [1.82, 2.24) is 4.72 Å². The van der Waals surface area contributed by atoms with Gasteiger partial charge in [-0.1, -0.05) is 6.07 Å². The molecule has 108 valence electrons. The lowest BCUT2D eigenvalue weighted by Crippen LogP contribution is -2.45. The van der Waals surface area contributed by atoms with Crippen LogP contribution in [-0.4, -0.2) is 20.3 Å². The number of amidine groups is 1. The third-order valence-electron chi connectivity index (χ3n) is 4.09. The Morgan fingerprint density at radius 1 is 1.30 bits per heavy atom. The van der Waals surface area contributed by atoms with Gasteiger partial charge < -0.3 is 5.73 Å². The van der Waals surface area contributed by atoms with E-state index in [1.54, 1.807) is 12.1 Å².